The average Bonchev–Trinajstić information content (AvgIpc) is 2.67. The van der Waals surface area contributed by atoms with Crippen LogP contribution in [-0.2, 0) is 9.53 Å². The SMILES string of the molecule is O=C1OC2C3CC4C5CC(C1C53)C42. The molecule has 6 fully saturated rings. The molecule has 2 heterocycles. The molecule has 2 nitrogen and oxygen atoms in total. The van der Waals surface area contributed by atoms with E-state index in [0.29, 0.717) is 12.0 Å². The van der Waals surface area contributed by atoms with Gasteiger partial charge in [0.05, 0.1) is 5.92 Å². The first-order valence-corrected chi connectivity index (χ1v) is 5.57. The number of carbonyl (C=O) groups excluding carboxylic acids is 1. The van der Waals surface area contributed by atoms with Gasteiger partial charge in [0.25, 0.3) is 0 Å². The van der Waals surface area contributed by atoms with Crippen LogP contribution in [-0.4, -0.2) is 12.1 Å². The van der Waals surface area contributed by atoms with Crippen LogP contribution in [0.15, 0.2) is 0 Å². The van der Waals surface area contributed by atoms with Gasteiger partial charge in [-0.05, 0) is 36.5 Å². The fraction of sp³-hybridized carbons (Fsp3) is 0.909. The van der Waals surface area contributed by atoms with Crippen molar-refractivity contribution in [1.82, 2.24) is 0 Å². The summed E-state index contributed by atoms with van der Waals surface area (Å²) in [5, 5.41) is 0. The molecule has 8 atom stereocenters. The molecule has 2 saturated heterocycles. The van der Waals surface area contributed by atoms with Gasteiger partial charge >= 0.3 is 5.97 Å². The van der Waals surface area contributed by atoms with Crippen molar-refractivity contribution in [3.63, 3.8) is 0 Å². The lowest BCUT2D eigenvalue weighted by atomic mass is 9.61. The molecule has 0 amide bonds. The predicted molar refractivity (Wildman–Crippen MR) is 43.5 cm³/mol. The fourth-order valence-corrected chi connectivity index (χ4v) is 5.85. The molecule has 6 aliphatic rings. The number of fused-ring (bicyclic) bond motifs is 1. The molecule has 6 bridgehead atoms. The van der Waals surface area contributed by atoms with Gasteiger partial charge in [0.15, 0.2) is 0 Å². The Morgan fingerprint density at radius 1 is 1.00 bits per heavy atom. The standard InChI is InChI=1S/C11H12O2/c12-11-9-5-1-3-4-2-6(7(3)9)10(13-11)8(4)5/h3-10H,1-2H2. The highest BCUT2D eigenvalue weighted by Gasteiger charge is 2.77. The van der Waals surface area contributed by atoms with E-state index in [2.05, 4.69) is 0 Å². The van der Waals surface area contributed by atoms with Gasteiger partial charge in [0.2, 0.25) is 0 Å². The molecule has 0 N–H and O–H groups in total. The molecule has 4 aliphatic carbocycles. The number of carbonyl (C=O) groups is 1. The number of ether oxygens (including phenoxy) is 1. The van der Waals surface area contributed by atoms with Gasteiger partial charge in [-0.1, -0.05) is 0 Å². The molecule has 68 valence electrons. The van der Waals surface area contributed by atoms with Crippen LogP contribution < -0.4 is 0 Å². The summed E-state index contributed by atoms with van der Waals surface area (Å²) in [4.78, 5) is 11.6. The summed E-state index contributed by atoms with van der Waals surface area (Å²) in [6.45, 7) is 0. The van der Waals surface area contributed by atoms with Crippen LogP contribution in [0.1, 0.15) is 12.8 Å². The van der Waals surface area contributed by atoms with Crippen LogP contribution in [0.4, 0.5) is 0 Å². The maximum absolute atomic E-state index is 11.6. The van der Waals surface area contributed by atoms with E-state index in [4.69, 9.17) is 4.74 Å². The average molecular weight is 176 g/mol. The first kappa shape index (κ1) is 6.05. The molecule has 8 unspecified atom stereocenters. The lowest BCUT2D eigenvalue weighted by Gasteiger charge is -2.50. The van der Waals surface area contributed by atoms with Crippen LogP contribution in [0.5, 0.6) is 0 Å². The van der Waals surface area contributed by atoms with Crippen LogP contribution in [0.2, 0.25) is 0 Å². The Hall–Kier alpha value is -0.530. The molecule has 2 aliphatic heterocycles. The predicted octanol–water partition coefficient (Wildman–Crippen LogP) is 1.06. The van der Waals surface area contributed by atoms with Crippen molar-refractivity contribution in [2.45, 2.75) is 18.9 Å². The van der Waals surface area contributed by atoms with Crippen molar-refractivity contribution in [3.8, 4) is 0 Å². The van der Waals surface area contributed by atoms with Gasteiger partial charge in [0, 0.05) is 11.8 Å². The molecule has 13 heavy (non-hydrogen) atoms. The minimum Gasteiger partial charge on any atom is -0.462 e. The molecular formula is C11H12O2. The van der Waals surface area contributed by atoms with Crippen LogP contribution in [0.3, 0.4) is 0 Å². The molecular weight excluding hydrogens is 164 g/mol. The highest BCUT2D eigenvalue weighted by Crippen LogP contribution is 2.76. The zero-order valence-corrected chi connectivity index (χ0v) is 7.35. The van der Waals surface area contributed by atoms with E-state index in [0.717, 1.165) is 35.5 Å². The normalized spacial score (nSPS) is 74.3. The lowest BCUT2D eigenvalue weighted by Crippen LogP contribution is -2.56. The van der Waals surface area contributed by atoms with Gasteiger partial charge in [-0.15, -0.1) is 0 Å². The van der Waals surface area contributed by atoms with Gasteiger partial charge < -0.3 is 4.74 Å². The Morgan fingerprint density at radius 3 is 2.69 bits per heavy atom. The minimum atomic E-state index is 0.162. The van der Waals surface area contributed by atoms with Gasteiger partial charge in [-0.2, -0.15) is 0 Å². The first-order chi connectivity index (χ1) is 6.36. The Bertz CT molecular complexity index is 335. The molecule has 4 saturated carbocycles. The lowest BCUT2D eigenvalue weighted by molar-refractivity contribution is -0.199. The highest BCUT2D eigenvalue weighted by molar-refractivity contribution is 5.77. The van der Waals surface area contributed by atoms with Crippen LogP contribution in [0, 0.1) is 41.4 Å². The third-order valence-electron chi connectivity index (χ3n) is 5.82. The van der Waals surface area contributed by atoms with Crippen LogP contribution in [0.25, 0.3) is 0 Å². The second kappa shape index (κ2) is 1.45. The second-order valence-electron chi connectivity index (χ2n) is 5.71. The van der Waals surface area contributed by atoms with Gasteiger partial charge in [0.1, 0.15) is 6.10 Å². The Kier molecular flexibility index (Phi) is 0.674. The first-order valence-electron chi connectivity index (χ1n) is 5.57. The van der Waals surface area contributed by atoms with Crippen molar-refractivity contribution in [2.24, 2.45) is 41.4 Å². The summed E-state index contributed by atoms with van der Waals surface area (Å²) in [6.07, 6.45) is 3.13. The number of hydrogen-bond donors (Lipinski definition) is 0. The molecule has 0 aromatic rings. The Labute approximate surface area is 76.6 Å². The largest absolute Gasteiger partial charge is 0.462 e. The van der Waals surface area contributed by atoms with E-state index in [1.807, 2.05) is 0 Å². The third-order valence-corrected chi connectivity index (χ3v) is 5.82. The van der Waals surface area contributed by atoms with E-state index in [9.17, 15) is 4.79 Å². The summed E-state index contributed by atoms with van der Waals surface area (Å²) in [5.74, 6) is 5.54. The van der Waals surface area contributed by atoms with E-state index in [1.54, 1.807) is 0 Å². The summed E-state index contributed by atoms with van der Waals surface area (Å²) < 4.78 is 5.53. The molecule has 0 spiro atoms. The van der Waals surface area contributed by atoms with E-state index >= 15 is 0 Å². The van der Waals surface area contributed by atoms with Crippen molar-refractivity contribution in [3.05, 3.63) is 0 Å². The highest BCUT2D eigenvalue weighted by atomic mass is 16.5. The fourth-order valence-electron chi connectivity index (χ4n) is 5.85. The molecule has 2 heteroatoms. The second-order valence-corrected chi connectivity index (χ2v) is 5.71. The zero-order chi connectivity index (χ0) is 8.32. The van der Waals surface area contributed by atoms with E-state index in [-0.39, 0.29) is 5.97 Å². The maximum atomic E-state index is 11.6. The smallest absolute Gasteiger partial charge is 0.309 e. The Balaban J connectivity index is 1.84. The van der Waals surface area contributed by atoms with Gasteiger partial charge in [-0.25, -0.2) is 0 Å². The quantitative estimate of drug-likeness (QED) is 0.516. The summed E-state index contributed by atoms with van der Waals surface area (Å²) >= 11 is 0. The summed E-state index contributed by atoms with van der Waals surface area (Å²) in [5.41, 5.74) is 0. The van der Waals surface area contributed by atoms with Crippen molar-refractivity contribution < 1.29 is 9.53 Å². The number of esters is 1. The number of hydrogen-bond acceptors (Lipinski definition) is 2. The van der Waals surface area contributed by atoms with Crippen molar-refractivity contribution in [2.75, 3.05) is 0 Å². The maximum Gasteiger partial charge on any atom is 0.309 e. The number of rotatable bonds is 0. The summed E-state index contributed by atoms with van der Waals surface area (Å²) in [7, 11) is 0. The van der Waals surface area contributed by atoms with Gasteiger partial charge in [-0.3, -0.25) is 4.79 Å². The van der Waals surface area contributed by atoms with E-state index in [1.165, 1.54) is 12.8 Å². The topological polar surface area (TPSA) is 26.3 Å². The van der Waals surface area contributed by atoms with Crippen molar-refractivity contribution >= 4 is 5.97 Å². The molecule has 0 aromatic heterocycles. The summed E-state index contributed by atoms with van der Waals surface area (Å²) in [6, 6.07) is 0. The molecule has 0 aromatic carbocycles. The molecule has 6 rings (SSSR count). The third kappa shape index (κ3) is 0.388. The zero-order valence-electron chi connectivity index (χ0n) is 7.35. The molecule has 0 radical (unpaired) electrons. The minimum absolute atomic E-state index is 0.162. The van der Waals surface area contributed by atoms with Crippen LogP contribution >= 0.6 is 0 Å². The van der Waals surface area contributed by atoms with Crippen molar-refractivity contribution in [1.29, 1.82) is 0 Å². The van der Waals surface area contributed by atoms with E-state index < -0.39 is 0 Å². The monoisotopic (exact) mass is 176 g/mol. The Morgan fingerprint density at radius 2 is 1.77 bits per heavy atom.